The maximum absolute atomic E-state index is 12.6. The third-order valence-electron chi connectivity index (χ3n) is 4.41. The van der Waals surface area contributed by atoms with Crippen LogP contribution in [0.25, 0.3) is 0 Å². The molecule has 0 aliphatic heterocycles. The largest absolute Gasteiger partial charge is 0.493 e. The Morgan fingerprint density at radius 1 is 1.23 bits per heavy atom. The number of hydrogen-bond acceptors (Lipinski definition) is 4. The summed E-state index contributed by atoms with van der Waals surface area (Å²) in [5, 5.41) is 3.09. The van der Waals surface area contributed by atoms with Gasteiger partial charge >= 0.3 is 6.03 Å². The van der Waals surface area contributed by atoms with Crippen molar-refractivity contribution in [1.29, 1.82) is 0 Å². The van der Waals surface area contributed by atoms with Crippen LogP contribution in [0.2, 0.25) is 0 Å². The molecule has 6 heteroatoms. The van der Waals surface area contributed by atoms with Gasteiger partial charge in [0.25, 0.3) is 0 Å². The van der Waals surface area contributed by atoms with Gasteiger partial charge in [0.2, 0.25) is 0 Å². The Bertz CT molecular complexity index is 749. The van der Waals surface area contributed by atoms with Crippen LogP contribution in [-0.4, -0.2) is 37.2 Å². The Morgan fingerprint density at radius 2 is 1.96 bits per heavy atom. The Hall–Kier alpha value is -2.76. The van der Waals surface area contributed by atoms with Crippen molar-refractivity contribution < 1.29 is 14.3 Å². The van der Waals surface area contributed by atoms with Crippen molar-refractivity contribution in [3.63, 3.8) is 0 Å². The van der Waals surface area contributed by atoms with Gasteiger partial charge in [0.15, 0.2) is 11.5 Å². The first-order valence-corrected chi connectivity index (χ1v) is 8.63. The summed E-state index contributed by atoms with van der Waals surface area (Å²) in [5.74, 6) is 1.32. The molecule has 140 valence electrons. The average Bonchev–Trinajstić information content (AvgIpc) is 2.67. The van der Waals surface area contributed by atoms with E-state index in [1.165, 1.54) is 0 Å². The lowest BCUT2D eigenvalue weighted by atomic mass is 10.0. The molecule has 2 rings (SSSR count). The third-order valence-corrected chi connectivity index (χ3v) is 4.41. The predicted octanol–water partition coefficient (Wildman–Crippen LogP) is 3.70. The Kier molecular flexibility index (Phi) is 6.83. The summed E-state index contributed by atoms with van der Waals surface area (Å²) in [4.78, 5) is 18.4. The Morgan fingerprint density at radius 3 is 2.58 bits per heavy atom. The molecule has 0 aliphatic carbocycles. The monoisotopic (exact) mass is 357 g/mol. The average molecular weight is 357 g/mol. The molecule has 2 amide bonds. The molecule has 0 spiro atoms. The second-order valence-electron chi connectivity index (χ2n) is 6.18. The van der Waals surface area contributed by atoms with E-state index in [1.807, 2.05) is 38.1 Å². The molecule has 1 aromatic carbocycles. The zero-order valence-electron chi connectivity index (χ0n) is 16.1. The Balaban J connectivity index is 2.09. The number of amides is 2. The summed E-state index contributed by atoms with van der Waals surface area (Å²) >= 11 is 0. The van der Waals surface area contributed by atoms with Crippen LogP contribution in [0.5, 0.6) is 11.5 Å². The maximum atomic E-state index is 12.6. The quantitative estimate of drug-likeness (QED) is 0.821. The number of nitrogens with one attached hydrogen (secondary N) is 1. The predicted molar refractivity (Wildman–Crippen MR) is 102 cm³/mol. The highest BCUT2D eigenvalue weighted by atomic mass is 16.5. The van der Waals surface area contributed by atoms with Crippen LogP contribution in [0.15, 0.2) is 36.7 Å². The molecular formula is C20H27N3O3. The van der Waals surface area contributed by atoms with Gasteiger partial charge in [-0.25, -0.2) is 4.79 Å². The molecule has 1 heterocycles. The molecule has 0 saturated heterocycles. The topological polar surface area (TPSA) is 63.7 Å². The highest BCUT2D eigenvalue weighted by Gasteiger charge is 2.18. The summed E-state index contributed by atoms with van der Waals surface area (Å²) in [6, 6.07) is 7.41. The van der Waals surface area contributed by atoms with Crippen molar-refractivity contribution in [3.05, 3.63) is 53.3 Å². The minimum absolute atomic E-state index is 0.108. The molecule has 0 saturated carbocycles. The molecular weight excluding hydrogens is 330 g/mol. The number of ether oxygens (including phenoxy) is 2. The van der Waals surface area contributed by atoms with Crippen molar-refractivity contribution in [3.8, 4) is 11.5 Å². The van der Waals surface area contributed by atoms with Gasteiger partial charge in [-0.3, -0.25) is 4.98 Å². The number of aromatic nitrogens is 1. The van der Waals surface area contributed by atoms with E-state index >= 15 is 0 Å². The number of nitrogens with zero attached hydrogens (tertiary/aromatic N) is 2. The van der Waals surface area contributed by atoms with Crippen molar-refractivity contribution in [2.75, 3.05) is 21.3 Å². The van der Waals surface area contributed by atoms with Gasteiger partial charge in [-0.15, -0.1) is 0 Å². The van der Waals surface area contributed by atoms with Crippen LogP contribution in [0.4, 0.5) is 4.79 Å². The number of urea groups is 1. The summed E-state index contributed by atoms with van der Waals surface area (Å²) < 4.78 is 10.6. The van der Waals surface area contributed by atoms with Gasteiger partial charge in [-0.05, 0) is 48.2 Å². The number of carbonyl (C=O) groups is 1. The zero-order chi connectivity index (χ0) is 19.1. The van der Waals surface area contributed by atoms with E-state index in [0.29, 0.717) is 18.0 Å². The molecule has 6 nitrogen and oxygen atoms in total. The second kappa shape index (κ2) is 9.08. The number of benzene rings is 1. The van der Waals surface area contributed by atoms with E-state index in [1.54, 1.807) is 38.6 Å². The van der Waals surface area contributed by atoms with Gasteiger partial charge in [-0.1, -0.05) is 13.0 Å². The normalized spacial score (nSPS) is 11.6. The molecule has 1 N–H and O–H groups in total. The fraction of sp³-hybridized carbons (Fsp3) is 0.400. The van der Waals surface area contributed by atoms with E-state index in [0.717, 1.165) is 23.1 Å². The van der Waals surface area contributed by atoms with Crippen LogP contribution >= 0.6 is 0 Å². The molecule has 26 heavy (non-hydrogen) atoms. The van der Waals surface area contributed by atoms with E-state index in [4.69, 9.17) is 9.47 Å². The summed E-state index contributed by atoms with van der Waals surface area (Å²) in [5.41, 5.74) is 3.13. The molecule has 1 aromatic heterocycles. The highest BCUT2D eigenvalue weighted by molar-refractivity contribution is 5.74. The van der Waals surface area contributed by atoms with Gasteiger partial charge < -0.3 is 19.7 Å². The van der Waals surface area contributed by atoms with Crippen LogP contribution < -0.4 is 14.8 Å². The van der Waals surface area contributed by atoms with E-state index in [-0.39, 0.29) is 12.1 Å². The summed E-state index contributed by atoms with van der Waals surface area (Å²) in [6.07, 6.45) is 4.31. The SMILES string of the molecule is CC[C@@H](NC(=O)N(C)Cc1ccncc1C)c1ccc(OC)c(OC)c1. The van der Waals surface area contributed by atoms with Crippen molar-refractivity contribution >= 4 is 6.03 Å². The van der Waals surface area contributed by atoms with Crippen LogP contribution in [0, 0.1) is 6.92 Å². The number of aryl methyl sites for hydroxylation is 1. The van der Waals surface area contributed by atoms with E-state index in [2.05, 4.69) is 10.3 Å². The minimum Gasteiger partial charge on any atom is -0.493 e. The molecule has 0 fully saturated rings. The summed E-state index contributed by atoms with van der Waals surface area (Å²) in [6.45, 7) is 4.56. The lowest BCUT2D eigenvalue weighted by Crippen LogP contribution is -2.39. The van der Waals surface area contributed by atoms with E-state index in [9.17, 15) is 4.79 Å². The van der Waals surface area contributed by atoms with Crippen LogP contribution in [-0.2, 0) is 6.54 Å². The maximum Gasteiger partial charge on any atom is 0.317 e. The fourth-order valence-corrected chi connectivity index (χ4v) is 2.76. The van der Waals surface area contributed by atoms with Crippen LogP contribution in [0.3, 0.4) is 0 Å². The first-order chi connectivity index (χ1) is 12.5. The third kappa shape index (κ3) is 4.65. The number of pyridine rings is 1. The number of hydrogen-bond donors (Lipinski definition) is 1. The molecule has 0 radical (unpaired) electrons. The van der Waals surface area contributed by atoms with Crippen molar-refractivity contribution in [2.24, 2.45) is 0 Å². The Labute approximate surface area is 155 Å². The number of rotatable bonds is 7. The second-order valence-corrected chi connectivity index (χ2v) is 6.18. The van der Waals surface area contributed by atoms with Crippen molar-refractivity contribution in [1.82, 2.24) is 15.2 Å². The zero-order valence-corrected chi connectivity index (χ0v) is 16.1. The van der Waals surface area contributed by atoms with E-state index < -0.39 is 0 Å². The highest BCUT2D eigenvalue weighted by Crippen LogP contribution is 2.30. The van der Waals surface area contributed by atoms with Gasteiger partial charge in [0.05, 0.1) is 20.3 Å². The van der Waals surface area contributed by atoms with Gasteiger partial charge in [0, 0.05) is 26.0 Å². The van der Waals surface area contributed by atoms with Gasteiger partial charge in [-0.2, -0.15) is 0 Å². The first-order valence-electron chi connectivity index (χ1n) is 8.63. The fourth-order valence-electron chi connectivity index (χ4n) is 2.76. The van der Waals surface area contributed by atoms with Crippen LogP contribution in [0.1, 0.15) is 36.1 Å². The lowest BCUT2D eigenvalue weighted by Gasteiger charge is -2.24. The van der Waals surface area contributed by atoms with Crippen molar-refractivity contribution in [2.45, 2.75) is 32.9 Å². The molecule has 0 unspecified atom stereocenters. The molecule has 0 aliphatic rings. The molecule has 2 aromatic rings. The number of methoxy groups -OCH3 is 2. The first kappa shape index (κ1) is 19.6. The lowest BCUT2D eigenvalue weighted by molar-refractivity contribution is 0.202. The minimum atomic E-state index is -0.122. The summed E-state index contributed by atoms with van der Waals surface area (Å²) in [7, 11) is 5.00. The standard InChI is InChI=1S/C20H27N3O3/c1-6-17(15-7-8-18(25-4)19(11-15)26-5)22-20(24)23(3)13-16-9-10-21-12-14(16)2/h7-12,17H,6,13H2,1-5H3,(H,22,24)/t17-/m1/s1. The number of carbonyl (C=O) groups excluding carboxylic acids is 1. The van der Waals surface area contributed by atoms with Gasteiger partial charge in [0.1, 0.15) is 0 Å². The molecule has 1 atom stereocenters. The smallest absolute Gasteiger partial charge is 0.317 e. The molecule has 0 bridgehead atoms.